The van der Waals surface area contributed by atoms with E-state index in [0.717, 1.165) is 12.2 Å². The maximum absolute atomic E-state index is 11.1. The van der Waals surface area contributed by atoms with Crippen molar-refractivity contribution in [2.24, 2.45) is 0 Å². The minimum Gasteiger partial charge on any atom is -0.382 e. The van der Waals surface area contributed by atoms with Crippen LogP contribution in [-0.2, 0) is 0 Å². The van der Waals surface area contributed by atoms with Gasteiger partial charge in [0.2, 0.25) is 0 Å². The normalized spacial score (nSPS) is 12.5. The van der Waals surface area contributed by atoms with Crippen LogP contribution in [0.4, 0.5) is 5.69 Å². The fourth-order valence-corrected chi connectivity index (χ4v) is 1.42. The van der Waals surface area contributed by atoms with Crippen LogP contribution in [0.3, 0.4) is 0 Å². The van der Waals surface area contributed by atoms with Crippen LogP contribution in [0.2, 0.25) is 0 Å². The third-order valence-electron chi connectivity index (χ3n) is 1.78. The maximum atomic E-state index is 11.1. The summed E-state index contributed by atoms with van der Waals surface area (Å²) < 4.78 is 0.501. The highest BCUT2D eigenvalue weighted by Crippen LogP contribution is 2.16. The molecule has 1 aromatic rings. The minimum absolute atomic E-state index is 0.216. The standard InChI is InChI=1S/C8H12BrN3OS/c1-5(14-2)3-10-6-4-11-12-8(13)7(6)9/h4-5H,3H2,1-2H3,(H2,10,12,13). The molecule has 0 saturated carbocycles. The number of halogens is 1. The Balaban J connectivity index is 2.68. The molecule has 0 saturated heterocycles. The van der Waals surface area contributed by atoms with E-state index in [4.69, 9.17) is 0 Å². The first-order valence-corrected chi connectivity index (χ1v) is 6.23. The molecule has 1 aromatic heterocycles. The van der Waals surface area contributed by atoms with Crippen molar-refractivity contribution < 1.29 is 0 Å². The smallest absolute Gasteiger partial charge is 0.280 e. The average molecular weight is 278 g/mol. The lowest BCUT2D eigenvalue weighted by atomic mass is 10.4. The lowest BCUT2D eigenvalue weighted by Gasteiger charge is -2.11. The first-order chi connectivity index (χ1) is 6.65. The van der Waals surface area contributed by atoms with Gasteiger partial charge >= 0.3 is 0 Å². The van der Waals surface area contributed by atoms with E-state index < -0.39 is 0 Å². The molecular weight excluding hydrogens is 266 g/mol. The number of H-pyrrole nitrogens is 1. The Bertz CT molecular complexity index is 355. The number of thioether (sulfide) groups is 1. The van der Waals surface area contributed by atoms with Crippen LogP contribution in [0.15, 0.2) is 15.5 Å². The average Bonchev–Trinajstić information content (AvgIpc) is 2.20. The summed E-state index contributed by atoms with van der Waals surface area (Å²) in [4.78, 5) is 11.1. The molecular formula is C8H12BrN3OS. The lowest BCUT2D eigenvalue weighted by molar-refractivity contribution is 0.955. The summed E-state index contributed by atoms with van der Waals surface area (Å²) in [5.74, 6) is 0. The molecule has 14 heavy (non-hydrogen) atoms. The zero-order valence-corrected chi connectivity index (χ0v) is 10.4. The third-order valence-corrected chi connectivity index (χ3v) is 3.54. The van der Waals surface area contributed by atoms with E-state index in [1.165, 1.54) is 0 Å². The van der Waals surface area contributed by atoms with Crippen molar-refractivity contribution in [1.29, 1.82) is 0 Å². The summed E-state index contributed by atoms with van der Waals surface area (Å²) in [6, 6.07) is 0. The van der Waals surface area contributed by atoms with Gasteiger partial charge in [-0.3, -0.25) is 4.79 Å². The molecule has 78 valence electrons. The summed E-state index contributed by atoms with van der Waals surface area (Å²) in [6.07, 6.45) is 3.65. The number of hydrogen-bond donors (Lipinski definition) is 2. The lowest BCUT2D eigenvalue weighted by Crippen LogP contribution is -2.17. The number of nitrogens with one attached hydrogen (secondary N) is 2. The van der Waals surface area contributed by atoms with Crippen LogP contribution in [-0.4, -0.2) is 28.2 Å². The predicted octanol–water partition coefficient (Wildman–Crippen LogP) is 1.70. The molecule has 1 rings (SSSR count). The second-order valence-corrected chi connectivity index (χ2v) is 4.92. The van der Waals surface area contributed by atoms with E-state index in [9.17, 15) is 4.79 Å². The topological polar surface area (TPSA) is 57.8 Å². The summed E-state index contributed by atoms with van der Waals surface area (Å²) >= 11 is 4.97. The molecule has 0 aliphatic rings. The van der Waals surface area contributed by atoms with Crippen LogP contribution in [0.5, 0.6) is 0 Å². The molecule has 0 aliphatic carbocycles. The number of nitrogens with zero attached hydrogens (tertiary/aromatic N) is 1. The van der Waals surface area contributed by atoms with Crippen molar-refractivity contribution in [1.82, 2.24) is 10.2 Å². The molecule has 0 aromatic carbocycles. The molecule has 0 amide bonds. The SMILES string of the molecule is CSC(C)CNc1cn[nH]c(=O)c1Br. The van der Waals surface area contributed by atoms with Crippen LogP contribution < -0.4 is 10.9 Å². The molecule has 1 heterocycles. The largest absolute Gasteiger partial charge is 0.382 e. The van der Waals surface area contributed by atoms with Gasteiger partial charge in [0.1, 0.15) is 4.47 Å². The summed E-state index contributed by atoms with van der Waals surface area (Å²) in [6.45, 7) is 2.93. The molecule has 0 aliphatic heterocycles. The van der Waals surface area contributed by atoms with Crippen LogP contribution >= 0.6 is 27.7 Å². The third kappa shape index (κ3) is 3.02. The predicted molar refractivity (Wildman–Crippen MR) is 64.0 cm³/mol. The van der Waals surface area contributed by atoms with E-state index in [0.29, 0.717) is 9.72 Å². The van der Waals surface area contributed by atoms with Gasteiger partial charge in [-0.1, -0.05) is 6.92 Å². The molecule has 2 N–H and O–H groups in total. The van der Waals surface area contributed by atoms with E-state index in [1.54, 1.807) is 18.0 Å². The summed E-state index contributed by atoms with van der Waals surface area (Å²) in [5.41, 5.74) is 0.515. The highest BCUT2D eigenvalue weighted by Gasteiger charge is 2.05. The van der Waals surface area contributed by atoms with Crippen LogP contribution in [0.25, 0.3) is 0 Å². The number of rotatable bonds is 4. The minimum atomic E-state index is -0.216. The van der Waals surface area contributed by atoms with Crippen LogP contribution in [0.1, 0.15) is 6.92 Å². The Morgan fingerprint density at radius 2 is 2.50 bits per heavy atom. The van der Waals surface area contributed by atoms with Gasteiger partial charge in [0, 0.05) is 11.8 Å². The number of hydrogen-bond acceptors (Lipinski definition) is 4. The number of aromatic nitrogens is 2. The highest BCUT2D eigenvalue weighted by molar-refractivity contribution is 9.10. The van der Waals surface area contributed by atoms with Gasteiger partial charge in [-0.2, -0.15) is 16.9 Å². The van der Waals surface area contributed by atoms with Gasteiger partial charge in [-0.05, 0) is 22.2 Å². The quantitative estimate of drug-likeness (QED) is 0.880. The second kappa shape index (κ2) is 5.41. The second-order valence-electron chi connectivity index (χ2n) is 2.85. The van der Waals surface area contributed by atoms with Crippen molar-refractivity contribution in [3.63, 3.8) is 0 Å². The van der Waals surface area contributed by atoms with Crippen molar-refractivity contribution in [2.75, 3.05) is 18.1 Å². The first kappa shape index (κ1) is 11.6. The Hall–Kier alpha value is -0.490. The first-order valence-electron chi connectivity index (χ1n) is 4.15. The molecule has 0 radical (unpaired) electrons. The van der Waals surface area contributed by atoms with Gasteiger partial charge in [-0.15, -0.1) is 0 Å². The zero-order chi connectivity index (χ0) is 10.6. The van der Waals surface area contributed by atoms with Gasteiger partial charge in [0.05, 0.1) is 11.9 Å². The molecule has 1 unspecified atom stereocenters. The van der Waals surface area contributed by atoms with Gasteiger partial charge in [-0.25, -0.2) is 5.10 Å². The van der Waals surface area contributed by atoms with Crippen LogP contribution in [0, 0.1) is 0 Å². The molecule has 0 bridgehead atoms. The Labute approximate surface area is 95.0 Å². The van der Waals surface area contributed by atoms with Gasteiger partial charge in [0.15, 0.2) is 0 Å². The Morgan fingerprint density at radius 1 is 1.79 bits per heavy atom. The van der Waals surface area contributed by atoms with Crippen molar-refractivity contribution in [3.8, 4) is 0 Å². The summed E-state index contributed by atoms with van der Waals surface area (Å²) in [5, 5.41) is 9.71. The van der Waals surface area contributed by atoms with Crippen molar-refractivity contribution in [3.05, 3.63) is 21.0 Å². The van der Waals surface area contributed by atoms with Crippen molar-refractivity contribution in [2.45, 2.75) is 12.2 Å². The Morgan fingerprint density at radius 3 is 3.14 bits per heavy atom. The number of anilines is 1. The monoisotopic (exact) mass is 277 g/mol. The fraction of sp³-hybridized carbons (Fsp3) is 0.500. The zero-order valence-electron chi connectivity index (χ0n) is 8.00. The fourth-order valence-electron chi connectivity index (χ4n) is 0.844. The Kier molecular flexibility index (Phi) is 4.47. The van der Waals surface area contributed by atoms with Gasteiger partial charge < -0.3 is 5.32 Å². The van der Waals surface area contributed by atoms with Gasteiger partial charge in [0.25, 0.3) is 5.56 Å². The van der Waals surface area contributed by atoms with E-state index >= 15 is 0 Å². The highest BCUT2D eigenvalue weighted by atomic mass is 79.9. The molecule has 6 heteroatoms. The van der Waals surface area contributed by atoms with E-state index in [2.05, 4.69) is 44.6 Å². The number of aromatic amines is 1. The molecule has 0 spiro atoms. The van der Waals surface area contributed by atoms with E-state index in [-0.39, 0.29) is 5.56 Å². The molecule has 4 nitrogen and oxygen atoms in total. The van der Waals surface area contributed by atoms with Crippen molar-refractivity contribution >= 4 is 33.4 Å². The maximum Gasteiger partial charge on any atom is 0.280 e. The molecule has 0 fully saturated rings. The summed E-state index contributed by atoms with van der Waals surface area (Å²) in [7, 11) is 0. The molecule has 1 atom stereocenters. The van der Waals surface area contributed by atoms with E-state index in [1.807, 2.05) is 0 Å².